The van der Waals surface area contributed by atoms with E-state index in [9.17, 15) is 0 Å². The highest BCUT2D eigenvalue weighted by atomic mass is 16.5. The molecule has 1 aliphatic heterocycles. The van der Waals surface area contributed by atoms with Gasteiger partial charge < -0.3 is 14.9 Å². The van der Waals surface area contributed by atoms with Crippen molar-refractivity contribution >= 4 is 5.52 Å². The number of imidazole rings is 1. The summed E-state index contributed by atoms with van der Waals surface area (Å²) in [4.78, 5) is 4.56. The van der Waals surface area contributed by atoms with Crippen LogP contribution in [0.3, 0.4) is 0 Å². The van der Waals surface area contributed by atoms with Crippen LogP contribution in [0.15, 0.2) is 24.5 Å². The summed E-state index contributed by atoms with van der Waals surface area (Å²) in [6, 6.07) is 4.09. The van der Waals surface area contributed by atoms with Crippen LogP contribution < -0.4 is 5.73 Å². The zero-order valence-corrected chi connectivity index (χ0v) is 9.80. The molecule has 0 aromatic carbocycles. The first kappa shape index (κ1) is 10.7. The molecule has 1 saturated heterocycles. The summed E-state index contributed by atoms with van der Waals surface area (Å²) < 4.78 is 7.69. The Morgan fingerprint density at radius 3 is 3.24 bits per heavy atom. The molecule has 0 amide bonds. The molecule has 2 aromatic rings. The molecule has 3 heterocycles. The summed E-state index contributed by atoms with van der Waals surface area (Å²) in [5.74, 6) is 1.52. The van der Waals surface area contributed by atoms with Crippen molar-refractivity contribution in [2.45, 2.75) is 25.3 Å². The lowest BCUT2D eigenvalue weighted by molar-refractivity contribution is 0.0779. The van der Waals surface area contributed by atoms with Gasteiger partial charge in [0.1, 0.15) is 5.82 Å². The fourth-order valence-electron chi connectivity index (χ4n) is 2.52. The number of nitrogens with zero attached hydrogens (tertiary/aromatic N) is 2. The van der Waals surface area contributed by atoms with Gasteiger partial charge in [-0.2, -0.15) is 0 Å². The van der Waals surface area contributed by atoms with Gasteiger partial charge >= 0.3 is 0 Å². The van der Waals surface area contributed by atoms with Gasteiger partial charge in [-0.3, -0.25) is 0 Å². The molecule has 0 radical (unpaired) electrons. The number of ether oxygens (including phenoxy) is 1. The highest BCUT2D eigenvalue weighted by Gasteiger charge is 2.20. The van der Waals surface area contributed by atoms with Gasteiger partial charge in [0.25, 0.3) is 0 Å². The van der Waals surface area contributed by atoms with Crippen LogP contribution in [0.2, 0.25) is 0 Å². The van der Waals surface area contributed by atoms with Gasteiger partial charge in [0, 0.05) is 25.3 Å². The highest BCUT2D eigenvalue weighted by molar-refractivity contribution is 5.54. The Bertz CT molecular complexity index is 514. The lowest BCUT2D eigenvalue weighted by atomic mass is 10.0. The molecule has 0 saturated carbocycles. The van der Waals surface area contributed by atoms with E-state index in [1.165, 1.54) is 0 Å². The third-order valence-electron chi connectivity index (χ3n) is 3.43. The summed E-state index contributed by atoms with van der Waals surface area (Å²) in [5, 5.41) is 0. The maximum atomic E-state index is 5.74. The first-order valence-corrected chi connectivity index (χ1v) is 6.13. The fourth-order valence-corrected chi connectivity index (χ4v) is 2.52. The molecule has 4 heteroatoms. The minimum atomic E-state index is 0.416. The molecule has 4 nitrogen and oxygen atoms in total. The molecule has 2 N–H and O–H groups in total. The summed E-state index contributed by atoms with van der Waals surface area (Å²) in [5.41, 5.74) is 8.00. The largest absolute Gasteiger partial charge is 0.381 e. The van der Waals surface area contributed by atoms with Crippen molar-refractivity contribution in [3.8, 4) is 0 Å². The van der Waals surface area contributed by atoms with Crippen molar-refractivity contribution in [2.75, 3.05) is 13.2 Å². The SMILES string of the molecule is NCc1cccn2c(C3CCCOC3)ncc12. The maximum Gasteiger partial charge on any atom is 0.118 e. The van der Waals surface area contributed by atoms with Gasteiger partial charge in [-0.15, -0.1) is 0 Å². The minimum absolute atomic E-state index is 0.416. The first-order valence-electron chi connectivity index (χ1n) is 6.13. The minimum Gasteiger partial charge on any atom is -0.381 e. The molecule has 0 spiro atoms. The maximum absolute atomic E-state index is 5.74. The van der Waals surface area contributed by atoms with Crippen LogP contribution in [0.5, 0.6) is 0 Å². The summed E-state index contributed by atoms with van der Waals surface area (Å²) in [6.45, 7) is 2.22. The molecule has 3 rings (SSSR count). The third kappa shape index (κ3) is 1.83. The van der Waals surface area contributed by atoms with Gasteiger partial charge in [-0.25, -0.2) is 4.98 Å². The van der Waals surface area contributed by atoms with Crippen LogP contribution >= 0.6 is 0 Å². The van der Waals surface area contributed by atoms with Crippen LogP contribution in [-0.2, 0) is 11.3 Å². The second kappa shape index (κ2) is 4.47. The molecular weight excluding hydrogens is 214 g/mol. The standard InChI is InChI=1S/C13H17N3O/c14-7-10-3-1-5-16-12(10)8-15-13(16)11-4-2-6-17-9-11/h1,3,5,8,11H,2,4,6-7,9,14H2. The molecule has 90 valence electrons. The fraction of sp³-hybridized carbons (Fsp3) is 0.462. The van der Waals surface area contributed by atoms with Crippen molar-refractivity contribution in [1.29, 1.82) is 0 Å². The molecule has 1 atom stereocenters. The van der Waals surface area contributed by atoms with Crippen molar-refractivity contribution in [2.24, 2.45) is 5.73 Å². The third-order valence-corrected chi connectivity index (χ3v) is 3.43. The topological polar surface area (TPSA) is 52.5 Å². The molecule has 0 bridgehead atoms. The predicted octanol–water partition coefficient (Wildman–Crippen LogP) is 1.69. The van der Waals surface area contributed by atoms with E-state index < -0.39 is 0 Å². The predicted molar refractivity (Wildman–Crippen MR) is 65.9 cm³/mol. The quantitative estimate of drug-likeness (QED) is 0.855. The second-order valence-corrected chi connectivity index (χ2v) is 4.52. The van der Waals surface area contributed by atoms with Gasteiger partial charge in [0.05, 0.1) is 18.3 Å². The van der Waals surface area contributed by atoms with E-state index in [2.05, 4.69) is 21.6 Å². The number of hydrogen-bond acceptors (Lipinski definition) is 3. The molecule has 1 fully saturated rings. The van der Waals surface area contributed by atoms with Crippen LogP contribution in [0.25, 0.3) is 5.52 Å². The first-order chi connectivity index (χ1) is 8.40. The van der Waals surface area contributed by atoms with Crippen molar-refractivity contribution in [3.05, 3.63) is 35.9 Å². The van der Waals surface area contributed by atoms with E-state index in [0.29, 0.717) is 12.5 Å². The Morgan fingerprint density at radius 1 is 1.53 bits per heavy atom. The van der Waals surface area contributed by atoms with E-state index in [0.717, 1.165) is 43.0 Å². The average molecular weight is 231 g/mol. The molecule has 0 aliphatic carbocycles. The molecule has 2 aromatic heterocycles. The Balaban J connectivity index is 2.05. The van der Waals surface area contributed by atoms with Gasteiger partial charge in [0.15, 0.2) is 0 Å². The highest BCUT2D eigenvalue weighted by Crippen LogP contribution is 2.25. The van der Waals surface area contributed by atoms with E-state index in [1.807, 2.05) is 12.3 Å². The van der Waals surface area contributed by atoms with E-state index in [1.54, 1.807) is 0 Å². The number of rotatable bonds is 2. The Labute approximate surface area is 100 Å². The lowest BCUT2D eigenvalue weighted by Crippen LogP contribution is -2.17. The average Bonchev–Trinajstić information content (AvgIpc) is 2.83. The number of aromatic nitrogens is 2. The molecule has 1 unspecified atom stereocenters. The zero-order chi connectivity index (χ0) is 11.7. The molecule has 1 aliphatic rings. The number of fused-ring (bicyclic) bond motifs is 1. The van der Waals surface area contributed by atoms with Crippen LogP contribution in [0.1, 0.15) is 30.1 Å². The van der Waals surface area contributed by atoms with Crippen molar-refractivity contribution < 1.29 is 4.74 Å². The Hall–Kier alpha value is -1.39. The van der Waals surface area contributed by atoms with E-state index in [-0.39, 0.29) is 0 Å². The smallest absolute Gasteiger partial charge is 0.118 e. The Morgan fingerprint density at radius 2 is 2.47 bits per heavy atom. The van der Waals surface area contributed by atoms with Crippen molar-refractivity contribution in [1.82, 2.24) is 9.38 Å². The van der Waals surface area contributed by atoms with Gasteiger partial charge in [-0.1, -0.05) is 6.07 Å². The molecule has 17 heavy (non-hydrogen) atoms. The number of pyridine rings is 1. The summed E-state index contributed by atoms with van der Waals surface area (Å²) in [7, 11) is 0. The van der Waals surface area contributed by atoms with Gasteiger partial charge in [-0.05, 0) is 24.5 Å². The second-order valence-electron chi connectivity index (χ2n) is 4.52. The number of hydrogen-bond donors (Lipinski definition) is 1. The monoisotopic (exact) mass is 231 g/mol. The van der Waals surface area contributed by atoms with Crippen LogP contribution in [0, 0.1) is 0 Å². The van der Waals surface area contributed by atoms with Crippen molar-refractivity contribution in [3.63, 3.8) is 0 Å². The lowest BCUT2D eigenvalue weighted by Gasteiger charge is -2.21. The number of nitrogens with two attached hydrogens (primary N) is 1. The summed E-state index contributed by atoms with van der Waals surface area (Å²) >= 11 is 0. The van der Waals surface area contributed by atoms with Gasteiger partial charge in [0.2, 0.25) is 0 Å². The normalized spacial score (nSPS) is 20.9. The van der Waals surface area contributed by atoms with Crippen LogP contribution in [0.4, 0.5) is 0 Å². The molecular formula is C13H17N3O. The zero-order valence-electron chi connectivity index (χ0n) is 9.80. The van der Waals surface area contributed by atoms with Crippen LogP contribution in [-0.4, -0.2) is 22.6 Å². The van der Waals surface area contributed by atoms with E-state index >= 15 is 0 Å². The Kier molecular flexibility index (Phi) is 2.82. The van der Waals surface area contributed by atoms with E-state index in [4.69, 9.17) is 10.5 Å². The summed E-state index contributed by atoms with van der Waals surface area (Å²) in [6.07, 6.45) is 6.26.